The van der Waals surface area contributed by atoms with Gasteiger partial charge in [-0.2, -0.15) is 0 Å². The van der Waals surface area contributed by atoms with Crippen molar-refractivity contribution in [3.8, 4) is 17.0 Å². The molecule has 1 fully saturated rings. The second kappa shape index (κ2) is 6.88. The van der Waals surface area contributed by atoms with Crippen LogP contribution in [0.2, 0.25) is 0 Å². The summed E-state index contributed by atoms with van der Waals surface area (Å²) in [6, 6.07) is 11.7. The number of rotatable bonds is 3. The number of hydrogen-bond donors (Lipinski definition) is 3. The van der Waals surface area contributed by atoms with Crippen LogP contribution < -0.4 is 4.74 Å². The minimum Gasteiger partial charge on any atom is -0.475 e. The molecule has 0 aliphatic carbocycles. The van der Waals surface area contributed by atoms with Gasteiger partial charge in [-0.15, -0.1) is 11.8 Å². The van der Waals surface area contributed by atoms with Crippen molar-refractivity contribution in [1.29, 1.82) is 0 Å². The number of nitrogens with zero attached hydrogens (tertiary/aromatic N) is 1. The lowest BCUT2D eigenvalue weighted by molar-refractivity contribution is -0.0786. The SMILES string of the molecule is Cc1ccc(-c2ccc(OC3SC[C@@H](O)[C@H](O)[C@H]3O)cn2)cc1. The quantitative estimate of drug-likeness (QED) is 0.791. The normalized spacial score (nSPS) is 27.7. The van der Waals surface area contributed by atoms with E-state index in [1.54, 1.807) is 12.3 Å². The van der Waals surface area contributed by atoms with Gasteiger partial charge in [0, 0.05) is 11.3 Å². The maximum absolute atomic E-state index is 9.95. The van der Waals surface area contributed by atoms with Crippen LogP contribution in [0, 0.1) is 6.92 Å². The lowest BCUT2D eigenvalue weighted by atomic mass is 10.1. The van der Waals surface area contributed by atoms with Gasteiger partial charge in [-0.25, -0.2) is 0 Å². The van der Waals surface area contributed by atoms with Crippen LogP contribution >= 0.6 is 11.8 Å². The lowest BCUT2D eigenvalue weighted by Crippen LogP contribution is -2.50. The summed E-state index contributed by atoms with van der Waals surface area (Å²) in [7, 11) is 0. The number of thioether (sulfide) groups is 1. The second-order valence-corrected chi connectivity index (χ2v) is 6.74. The van der Waals surface area contributed by atoms with Gasteiger partial charge in [-0.05, 0) is 19.1 Å². The zero-order chi connectivity index (χ0) is 16.4. The maximum Gasteiger partial charge on any atom is 0.173 e. The third-order valence-corrected chi connectivity index (χ3v) is 5.03. The third kappa shape index (κ3) is 3.67. The van der Waals surface area contributed by atoms with Gasteiger partial charge in [-0.1, -0.05) is 29.8 Å². The minimum atomic E-state index is -1.19. The van der Waals surface area contributed by atoms with Crippen LogP contribution in [-0.4, -0.2) is 49.8 Å². The predicted octanol–water partition coefficient (Wildman–Crippen LogP) is 1.59. The van der Waals surface area contributed by atoms with E-state index in [0.717, 1.165) is 11.3 Å². The Labute approximate surface area is 139 Å². The fraction of sp³-hybridized carbons (Fsp3) is 0.353. The van der Waals surface area contributed by atoms with Crippen molar-refractivity contribution in [2.24, 2.45) is 0 Å². The van der Waals surface area contributed by atoms with Gasteiger partial charge >= 0.3 is 0 Å². The molecule has 2 heterocycles. The first kappa shape index (κ1) is 16.3. The first-order valence-electron chi connectivity index (χ1n) is 7.40. The number of aliphatic hydroxyl groups excluding tert-OH is 3. The first-order chi connectivity index (χ1) is 11.0. The second-order valence-electron chi connectivity index (χ2n) is 5.61. The van der Waals surface area contributed by atoms with E-state index in [1.807, 2.05) is 37.3 Å². The summed E-state index contributed by atoms with van der Waals surface area (Å²) >= 11 is 1.27. The van der Waals surface area contributed by atoms with Crippen molar-refractivity contribution in [2.75, 3.05) is 5.75 Å². The molecule has 1 aromatic heterocycles. The molecule has 1 aliphatic rings. The van der Waals surface area contributed by atoms with E-state index in [-0.39, 0.29) is 0 Å². The van der Waals surface area contributed by atoms with E-state index in [2.05, 4.69) is 4.98 Å². The number of pyridine rings is 1. The first-order valence-corrected chi connectivity index (χ1v) is 8.45. The zero-order valence-corrected chi connectivity index (χ0v) is 13.5. The Morgan fingerprint density at radius 1 is 1.04 bits per heavy atom. The fourth-order valence-corrected chi connectivity index (χ4v) is 3.48. The molecule has 1 saturated heterocycles. The van der Waals surface area contributed by atoms with E-state index >= 15 is 0 Å². The Morgan fingerprint density at radius 2 is 1.78 bits per heavy atom. The number of ether oxygens (including phenoxy) is 1. The lowest BCUT2D eigenvalue weighted by Gasteiger charge is -2.34. The molecule has 1 aliphatic heterocycles. The van der Waals surface area contributed by atoms with E-state index in [9.17, 15) is 15.3 Å². The van der Waals surface area contributed by atoms with Crippen LogP contribution in [0.5, 0.6) is 5.75 Å². The van der Waals surface area contributed by atoms with Gasteiger partial charge in [0.1, 0.15) is 18.0 Å². The molecule has 3 N–H and O–H groups in total. The molecule has 4 atom stereocenters. The topological polar surface area (TPSA) is 82.8 Å². The number of aryl methyl sites for hydroxylation is 1. The molecule has 1 unspecified atom stereocenters. The van der Waals surface area contributed by atoms with Gasteiger partial charge in [0.2, 0.25) is 0 Å². The molecule has 2 aromatic rings. The number of aliphatic hydroxyl groups is 3. The standard InChI is InChI=1S/C17H19NO4S/c1-10-2-4-11(5-3-10)13-7-6-12(8-18-13)22-17-16(21)15(20)14(19)9-23-17/h2-8,14-17,19-21H,9H2,1H3/t14-,15+,16-,17?/m1/s1. The van der Waals surface area contributed by atoms with Crippen LogP contribution in [0.1, 0.15) is 5.56 Å². The highest BCUT2D eigenvalue weighted by molar-refractivity contribution is 7.99. The molecule has 6 heteroatoms. The Morgan fingerprint density at radius 3 is 2.43 bits per heavy atom. The van der Waals surface area contributed by atoms with E-state index in [0.29, 0.717) is 11.5 Å². The Bertz CT molecular complexity index is 647. The van der Waals surface area contributed by atoms with Crippen molar-refractivity contribution in [3.05, 3.63) is 48.2 Å². The largest absolute Gasteiger partial charge is 0.475 e. The summed E-state index contributed by atoms with van der Waals surface area (Å²) in [6.45, 7) is 2.03. The van der Waals surface area contributed by atoms with Crippen molar-refractivity contribution >= 4 is 11.8 Å². The van der Waals surface area contributed by atoms with E-state index in [1.165, 1.54) is 17.3 Å². The summed E-state index contributed by atoms with van der Waals surface area (Å²) < 4.78 is 5.68. The van der Waals surface area contributed by atoms with Crippen molar-refractivity contribution in [1.82, 2.24) is 4.98 Å². The molecule has 5 nitrogen and oxygen atoms in total. The van der Waals surface area contributed by atoms with Crippen LogP contribution in [0.25, 0.3) is 11.3 Å². The number of hydrogen-bond acceptors (Lipinski definition) is 6. The predicted molar refractivity (Wildman–Crippen MR) is 89.3 cm³/mol. The molecule has 0 bridgehead atoms. The molecule has 3 rings (SSSR count). The monoisotopic (exact) mass is 333 g/mol. The van der Waals surface area contributed by atoms with E-state index < -0.39 is 23.7 Å². The van der Waals surface area contributed by atoms with Gasteiger partial charge in [-0.3, -0.25) is 4.98 Å². The average molecular weight is 333 g/mol. The van der Waals surface area contributed by atoms with E-state index in [4.69, 9.17) is 4.74 Å². The molecular weight excluding hydrogens is 314 g/mol. The van der Waals surface area contributed by atoms with Gasteiger partial charge in [0.25, 0.3) is 0 Å². The third-order valence-electron chi connectivity index (χ3n) is 3.79. The molecule has 23 heavy (non-hydrogen) atoms. The fourth-order valence-electron chi connectivity index (χ4n) is 2.36. The van der Waals surface area contributed by atoms with Crippen molar-refractivity contribution in [3.63, 3.8) is 0 Å². The summed E-state index contributed by atoms with van der Waals surface area (Å²) in [4.78, 5) is 4.38. The number of aromatic nitrogens is 1. The van der Waals surface area contributed by atoms with Crippen molar-refractivity contribution < 1.29 is 20.1 Å². The van der Waals surface area contributed by atoms with Crippen LogP contribution in [0.4, 0.5) is 0 Å². The highest BCUT2D eigenvalue weighted by atomic mass is 32.2. The summed E-state index contributed by atoms with van der Waals surface area (Å²) in [6.07, 6.45) is -1.67. The minimum absolute atomic E-state index is 0.317. The summed E-state index contributed by atoms with van der Waals surface area (Å²) in [5, 5.41) is 29.2. The molecule has 0 saturated carbocycles. The summed E-state index contributed by atoms with van der Waals surface area (Å²) in [5.41, 5.74) is 2.43. The molecule has 0 spiro atoms. The average Bonchev–Trinajstić information content (AvgIpc) is 2.57. The molecule has 0 radical (unpaired) electrons. The smallest absolute Gasteiger partial charge is 0.173 e. The Balaban J connectivity index is 1.69. The van der Waals surface area contributed by atoms with Crippen LogP contribution in [-0.2, 0) is 0 Å². The maximum atomic E-state index is 9.95. The number of benzene rings is 1. The van der Waals surface area contributed by atoms with Gasteiger partial charge in [0.15, 0.2) is 5.44 Å². The molecule has 0 amide bonds. The van der Waals surface area contributed by atoms with Crippen LogP contribution in [0.15, 0.2) is 42.6 Å². The van der Waals surface area contributed by atoms with Crippen LogP contribution in [0.3, 0.4) is 0 Å². The van der Waals surface area contributed by atoms with Gasteiger partial charge < -0.3 is 20.1 Å². The highest BCUT2D eigenvalue weighted by Gasteiger charge is 2.38. The van der Waals surface area contributed by atoms with Crippen molar-refractivity contribution in [2.45, 2.75) is 30.7 Å². The summed E-state index contributed by atoms with van der Waals surface area (Å²) in [5.74, 6) is 0.832. The Hall–Kier alpha value is -1.60. The molecule has 1 aromatic carbocycles. The zero-order valence-electron chi connectivity index (χ0n) is 12.7. The molecule has 122 valence electrons. The highest BCUT2D eigenvalue weighted by Crippen LogP contribution is 2.29. The Kier molecular flexibility index (Phi) is 4.87. The molecular formula is C17H19NO4S. The van der Waals surface area contributed by atoms with Gasteiger partial charge in [0.05, 0.1) is 18.0 Å².